The van der Waals surface area contributed by atoms with Crippen LogP contribution in [0.1, 0.15) is 28.3 Å². The number of amides is 1. The van der Waals surface area contributed by atoms with Gasteiger partial charge in [-0.05, 0) is 19.9 Å². The Hall–Kier alpha value is -2.19. The Kier molecular flexibility index (Phi) is 4.96. The van der Waals surface area contributed by atoms with Crippen LogP contribution in [-0.4, -0.2) is 51.0 Å². The average molecular weight is 332 g/mol. The molecule has 8 heteroatoms. The monoisotopic (exact) mass is 332 g/mol. The van der Waals surface area contributed by atoms with Gasteiger partial charge >= 0.3 is 0 Å². The fraction of sp³-hybridized carbons (Fsp3) is 0.562. The standard InChI is InChI=1S/C16H24N6O2/c1-11-15(12(2)19-18-11)9-21-4-5-22-14(8-21)6-13(20-22)7-17-16(23)10-24-3/h6H,4-5,7-10H2,1-3H3,(H,17,23)(H,18,19). The van der Waals surface area contributed by atoms with E-state index in [-0.39, 0.29) is 12.5 Å². The lowest BCUT2D eigenvalue weighted by molar-refractivity contribution is -0.124. The van der Waals surface area contributed by atoms with Gasteiger partial charge in [0.2, 0.25) is 5.91 Å². The van der Waals surface area contributed by atoms with Crippen molar-refractivity contribution in [3.05, 3.63) is 34.4 Å². The van der Waals surface area contributed by atoms with Crippen LogP contribution in [0.4, 0.5) is 0 Å². The molecule has 3 rings (SSSR count). The molecule has 0 spiro atoms. The quantitative estimate of drug-likeness (QED) is 0.804. The normalized spacial score (nSPS) is 14.6. The molecule has 130 valence electrons. The van der Waals surface area contributed by atoms with E-state index >= 15 is 0 Å². The summed E-state index contributed by atoms with van der Waals surface area (Å²) in [4.78, 5) is 13.9. The SMILES string of the molecule is COCC(=O)NCc1cc2n(n1)CCN(Cc1c(C)n[nH]c1C)C2. The molecule has 2 aromatic heterocycles. The third-order valence-electron chi connectivity index (χ3n) is 4.33. The largest absolute Gasteiger partial charge is 0.375 e. The summed E-state index contributed by atoms with van der Waals surface area (Å²) in [5.74, 6) is -0.129. The number of methoxy groups -OCH3 is 1. The lowest BCUT2D eigenvalue weighted by Gasteiger charge is -2.27. The number of nitrogens with one attached hydrogen (secondary N) is 2. The molecule has 0 radical (unpaired) electrons. The molecule has 8 nitrogen and oxygen atoms in total. The molecule has 0 bridgehead atoms. The third-order valence-corrected chi connectivity index (χ3v) is 4.33. The molecule has 24 heavy (non-hydrogen) atoms. The molecule has 1 aliphatic heterocycles. The van der Waals surface area contributed by atoms with Gasteiger partial charge in [-0.25, -0.2) is 0 Å². The number of carbonyl (C=O) groups excluding carboxylic acids is 1. The topological polar surface area (TPSA) is 88.1 Å². The predicted octanol–water partition coefficient (Wildman–Crippen LogP) is 0.501. The molecule has 1 amide bonds. The molecule has 3 heterocycles. The summed E-state index contributed by atoms with van der Waals surface area (Å²) in [5.41, 5.74) is 5.53. The number of carbonyl (C=O) groups is 1. The van der Waals surface area contributed by atoms with Crippen LogP contribution in [0.25, 0.3) is 0 Å². The number of ether oxygens (including phenoxy) is 1. The molecule has 0 saturated carbocycles. The number of rotatable bonds is 6. The molecule has 0 fully saturated rings. The first-order chi connectivity index (χ1) is 11.6. The van der Waals surface area contributed by atoms with E-state index in [9.17, 15) is 4.79 Å². The fourth-order valence-corrected chi connectivity index (χ4v) is 3.00. The summed E-state index contributed by atoms with van der Waals surface area (Å²) >= 11 is 0. The van der Waals surface area contributed by atoms with Crippen molar-refractivity contribution in [2.24, 2.45) is 0 Å². The number of aromatic nitrogens is 4. The summed E-state index contributed by atoms with van der Waals surface area (Å²) < 4.78 is 6.84. The minimum atomic E-state index is -0.129. The Morgan fingerprint density at radius 1 is 1.42 bits per heavy atom. The molecule has 2 N–H and O–H groups in total. The number of fused-ring (bicyclic) bond motifs is 1. The zero-order valence-corrected chi connectivity index (χ0v) is 14.4. The smallest absolute Gasteiger partial charge is 0.246 e. The zero-order valence-electron chi connectivity index (χ0n) is 14.4. The minimum absolute atomic E-state index is 0.0742. The third kappa shape index (κ3) is 3.65. The van der Waals surface area contributed by atoms with Crippen LogP contribution in [0, 0.1) is 13.8 Å². The Morgan fingerprint density at radius 3 is 2.96 bits per heavy atom. The highest BCUT2D eigenvalue weighted by Crippen LogP contribution is 2.18. The second-order valence-electron chi connectivity index (χ2n) is 6.18. The first-order valence-corrected chi connectivity index (χ1v) is 8.11. The molecule has 1 aliphatic rings. The van der Waals surface area contributed by atoms with Gasteiger partial charge in [0.05, 0.1) is 30.2 Å². The Labute approximate surface area is 141 Å². The van der Waals surface area contributed by atoms with Crippen LogP contribution in [0.3, 0.4) is 0 Å². The molecule has 2 aromatic rings. The van der Waals surface area contributed by atoms with Crippen molar-refractivity contribution < 1.29 is 9.53 Å². The molecular formula is C16H24N6O2. The van der Waals surface area contributed by atoms with Crippen LogP contribution in [0.15, 0.2) is 6.07 Å². The van der Waals surface area contributed by atoms with E-state index in [0.717, 1.165) is 43.3 Å². The summed E-state index contributed by atoms with van der Waals surface area (Å²) in [7, 11) is 1.51. The van der Waals surface area contributed by atoms with Crippen LogP contribution in [0.2, 0.25) is 0 Å². The van der Waals surface area contributed by atoms with Crippen molar-refractivity contribution in [2.45, 2.75) is 40.0 Å². The van der Waals surface area contributed by atoms with Crippen molar-refractivity contribution in [2.75, 3.05) is 20.3 Å². The lowest BCUT2D eigenvalue weighted by atomic mass is 10.1. The van der Waals surface area contributed by atoms with Gasteiger partial charge in [0.15, 0.2) is 0 Å². The van der Waals surface area contributed by atoms with E-state index < -0.39 is 0 Å². The average Bonchev–Trinajstić information content (AvgIpc) is 3.10. The number of H-pyrrole nitrogens is 1. The fourth-order valence-electron chi connectivity index (χ4n) is 3.00. The molecular weight excluding hydrogens is 308 g/mol. The summed E-state index contributed by atoms with van der Waals surface area (Å²) in [5, 5.41) is 14.7. The first-order valence-electron chi connectivity index (χ1n) is 8.11. The van der Waals surface area contributed by atoms with E-state index in [1.54, 1.807) is 0 Å². The molecule has 0 aliphatic carbocycles. The van der Waals surface area contributed by atoms with Crippen LogP contribution < -0.4 is 5.32 Å². The second-order valence-corrected chi connectivity index (χ2v) is 6.18. The van der Waals surface area contributed by atoms with Crippen molar-refractivity contribution in [1.82, 2.24) is 30.2 Å². The number of hydrogen-bond donors (Lipinski definition) is 2. The van der Waals surface area contributed by atoms with E-state index in [2.05, 4.69) is 38.5 Å². The van der Waals surface area contributed by atoms with Gasteiger partial charge in [-0.3, -0.25) is 19.5 Å². The van der Waals surface area contributed by atoms with Crippen molar-refractivity contribution in [1.29, 1.82) is 0 Å². The van der Waals surface area contributed by atoms with Gasteiger partial charge in [0.25, 0.3) is 0 Å². The van der Waals surface area contributed by atoms with E-state index in [1.807, 2.05) is 11.6 Å². The molecule has 0 aromatic carbocycles. The van der Waals surface area contributed by atoms with Gasteiger partial charge in [-0.15, -0.1) is 0 Å². The highest BCUT2D eigenvalue weighted by Gasteiger charge is 2.20. The maximum absolute atomic E-state index is 11.5. The summed E-state index contributed by atoms with van der Waals surface area (Å²) in [6.07, 6.45) is 0. The lowest BCUT2D eigenvalue weighted by Crippen LogP contribution is -2.33. The van der Waals surface area contributed by atoms with Gasteiger partial charge in [-0.1, -0.05) is 0 Å². The van der Waals surface area contributed by atoms with Crippen LogP contribution in [-0.2, 0) is 35.7 Å². The van der Waals surface area contributed by atoms with E-state index in [1.165, 1.54) is 18.4 Å². The first kappa shape index (κ1) is 16.7. The number of nitrogens with zero attached hydrogens (tertiary/aromatic N) is 4. The number of aryl methyl sites for hydroxylation is 2. The molecule has 0 atom stereocenters. The number of aromatic amines is 1. The van der Waals surface area contributed by atoms with Gasteiger partial charge in [-0.2, -0.15) is 10.2 Å². The zero-order chi connectivity index (χ0) is 17.1. The van der Waals surface area contributed by atoms with Crippen molar-refractivity contribution in [3.8, 4) is 0 Å². The van der Waals surface area contributed by atoms with E-state index in [4.69, 9.17) is 4.74 Å². The predicted molar refractivity (Wildman–Crippen MR) is 88.1 cm³/mol. The highest BCUT2D eigenvalue weighted by atomic mass is 16.5. The summed E-state index contributed by atoms with van der Waals surface area (Å²) in [6, 6.07) is 2.06. The van der Waals surface area contributed by atoms with Crippen LogP contribution >= 0.6 is 0 Å². The second kappa shape index (κ2) is 7.14. The number of hydrogen-bond acceptors (Lipinski definition) is 5. The van der Waals surface area contributed by atoms with Gasteiger partial charge < -0.3 is 10.1 Å². The Balaban J connectivity index is 1.61. The van der Waals surface area contributed by atoms with Gasteiger partial charge in [0, 0.05) is 38.0 Å². The maximum Gasteiger partial charge on any atom is 0.246 e. The highest BCUT2D eigenvalue weighted by molar-refractivity contribution is 5.77. The van der Waals surface area contributed by atoms with E-state index in [0.29, 0.717) is 6.54 Å². The Bertz CT molecular complexity index is 701. The van der Waals surface area contributed by atoms with Crippen molar-refractivity contribution in [3.63, 3.8) is 0 Å². The summed E-state index contributed by atoms with van der Waals surface area (Å²) in [6.45, 7) is 8.15. The van der Waals surface area contributed by atoms with Crippen molar-refractivity contribution >= 4 is 5.91 Å². The minimum Gasteiger partial charge on any atom is -0.375 e. The maximum atomic E-state index is 11.5. The molecule has 0 saturated heterocycles. The van der Waals surface area contributed by atoms with Crippen LogP contribution in [0.5, 0.6) is 0 Å². The van der Waals surface area contributed by atoms with Gasteiger partial charge in [0.1, 0.15) is 6.61 Å². The molecule has 0 unspecified atom stereocenters. The Morgan fingerprint density at radius 2 is 2.25 bits per heavy atom.